The normalized spacial score (nSPS) is 20.2. The van der Waals surface area contributed by atoms with E-state index in [1.807, 2.05) is 42.5 Å². The van der Waals surface area contributed by atoms with Gasteiger partial charge in [0, 0.05) is 105 Å². The number of halogens is 2. The summed E-state index contributed by atoms with van der Waals surface area (Å²) in [6, 6.07) is 7.98. The largest absolute Gasteiger partial charge is 0.396 e. The maximum absolute atomic E-state index is 15.7. The van der Waals surface area contributed by atoms with Gasteiger partial charge < -0.3 is 19.5 Å². The molecule has 0 amide bonds. The molecule has 3 aromatic heterocycles. The molecule has 2 atom stereocenters. The second kappa shape index (κ2) is 13.4. The van der Waals surface area contributed by atoms with E-state index in [1.165, 1.54) is 6.07 Å². The zero-order valence-corrected chi connectivity index (χ0v) is 26.5. The third kappa shape index (κ3) is 6.68. The van der Waals surface area contributed by atoms with Gasteiger partial charge in [-0.3, -0.25) is 19.7 Å². The van der Waals surface area contributed by atoms with Gasteiger partial charge in [-0.25, -0.2) is 9.37 Å². The fourth-order valence-corrected chi connectivity index (χ4v) is 7.01. The van der Waals surface area contributed by atoms with E-state index in [2.05, 4.69) is 35.4 Å². The van der Waals surface area contributed by atoms with E-state index < -0.39 is 0 Å². The number of anilines is 2. The standard InChI is InChI=1S/C34H40FN7O2.ClH/c1-23-13-24(6-8-37-23)17-41(28-3-2-11-40(21-28)33-16-36-9-10-38-33)19-26-20-42(27-4-5-27)31-15-32(30(35)14-29(31)34(26)44)39-12-7-25(18-39)22-43;/h6,8-10,13-16,20,25,27-28,43H,2-5,7,11-12,17-19,21-22H2,1H3;1H/t25-,28+;/m1./s1. The molecule has 45 heavy (non-hydrogen) atoms. The van der Waals surface area contributed by atoms with Gasteiger partial charge in [0.1, 0.15) is 11.6 Å². The zero-order chi connectivity index (χ0) is 30.2. The first-order valence-corrected chi connectivity index (χ1v) is 15.9. The van der Waals surface area contributed by atoms with Gasteiger partial charge in [-0.15, -0.1) is 12.4 Å². The van der Waals surface area contributed by atoms with Crippen LogP contribution in [0.2, 0.25) is 0 Å². The highest BCUT2D eigenvalue weighted by Gasteiger charge is 2.31. The molecule has 2 saturated heterocycles. The Kier molecular flexibility index (Phi) is 9.35. The van der Waals surface area contributed by atoms with Crippen LogP contribution in [0, 0.1) is 18.7 Å². The van der Waals surface area contributed by atoms with Gasteiger partial charge >= 0.3 is 0 Å². The van der Waals surface area contributed by atoms with Crippen LogP contribution in [0.4, 0.5) is 15.9 Å². The Morgan fingerprint density at radius 2 is 1.87 bits per heavy atom. The fraction of sp³-hybridized carbons (Fsp3) is 0.471. The first-order valence-electron chi connectivity index (χ1n) is 15.9. The lowest BCUT2D eigenvalue weighted by molar-refractivity contribution is 0.158. The zero-order valence-electron chi connectivity index (χ0n) is 25.7. The van der Waals surface area contributed by atoms with E-state index in [4.69, 9.17) is 0 Å². The molecule has 4 aromatic rings. The van der Waals surface area contributed by atoms with Gasteiger partial charge in [-0.2, -0.15) is 0 Å². The van der Waals surface area contributed by atoms with Crippen LogP contribution in [0.15, 0.2) is 60.0 Å². The molecule has 5 heterocycles. The van der Waals surface area contributed by atoms with Crippen molar-refractivity contribution in [1.29, 1.82) is 0 Å². The molecule has 2 aliphatic heterocycles. The Labute approximate surface area is 269 Å². The molecule has 11 heteroatoms. The Morgan fingerprint density at radius 3 is 2.60 bits per heavy atom. The van der Waals surface area contributed by atoms with Gasteiger partial charge in [0.05, 0.1) is 17.4 Å². The minimum atomic E-state index is -0.372. The number of aromatic nitrogens is 4. The van der Waals surface area contributed by atoms with Gasteiger partial charge in [-0.05, 0) is 68.9 Å². The summed E-state index contributed by atoms with van der Waals surface area (Å²) in [7, 11) is 0. The monoisotopic (exact) mass is 633 g/mol. The molecule has 1 saturated carbocycles. The number of fused-ring (bicyclic) bond motifs is 1. The molecule has 0 spiro atoms. The maximum atomic E-state index is 15.7. The van der Waals surface area contributed by atoms with Crippen LogP contribution in [0.25, 0.3) is 10.9 Å². The topological polar surface area (TPSA) is 90.6 Å². The molecule has 3 fully saturated rings. The van der Waals surface area contributed by atoms with E-state index in [0.717, 1.165) is 67.8 Å². The number of aryl methyl sites for hydroxylation is 1. The summed E-state index contributed by atoms with van der Waals surface area (Å²) in [5.74, 6) is 0.648. The highest BCUT2D eigenvalue weighted by Crippen LogP contribution is 2.39. The van der Waals surface area contributed by atoms with Gasteiger partial charge in [-0.1, -0.05) is 0 Å². The molecule has 9 nitrogen and oxygen atoms in total. The van der Waals surface area contributed by atoms with Crippen molar-refractivity contribution in [3.05, 3.63) is 88.1 Å². The van der Waals surface area contributed by atoms with E-state index >= 15 is 4.39 Å². The van der Waals surface area contributed by atoms with Crippen molar-refractivity contribution in [3.8, 4) is 0 Å². The molecule has 1 N–H and O–H groups in total. The van der Waals surface area contributed by atoms with Crippen molar-refractivity contribution in [2.45, 2.75) is 64.2 Å². The highest BCUT2D eigenvalue weighted by atomic mass is 35.5. The molecule has 0 unspecified atom stereocenters. The molecule has 0 bridgehead atoms. The Morgan fingerprint density at radius 1 is 1.00 bits per heavy atom. The summed E-state index contributed by atoms with van der Waals surface area (Å²) in [5, 5.41) is 10.1. The SMILES string of the molecule is Cc1cc(CN(Cc2cn(C3CC3)c3cc(N4CC[C@@H](CO)C4)c(F)cc3c2=O)[C@H]2CCCN(c3cnccn3)C2)ccn1.Cl. The maximum Gasteiger partial charge on any atom is 0.193 e. The van der Waals surface area contributed by atoms with Crippen LogP contribution in [0.3, 0.4) is 0 Å². The lowest BCUT2D eigenvalue weighted by atomic mass is 10.0. The van der Waals surface area contributed by atoms with Crippen LogP contribution in [0.1, 0.15) is 55.0 Å². The molecule has 238 valence electrons. The fourth-order valence-electron chi connectivity index (χ4n) is 7.01. The van der Waals surface area contributed by atoms with E-state index in [9.17, 15) is 9.90 Å². The average molecular weight is 634 g/mol. The lowest BCUT2D eigenvalue weighted by Gasteiger charge is -2.40. The number of aliphatic hydroxyl groups is 1. The number of hydrogen-bond donors (Lipinski definition) is 1. The summed E-state index contributed by atoms with van der Waals surface area (Å²) in [6.07, 6.45) is 14.1. The van der Waals surface area contributed by atoms with E-state index in [1.54, 1.807) is 12.4 Å². The number of pyridine rings is 2. The third-order valence-electron chi connectivity index (χ3n) is 9.51. The number of rotatable bonds is 9. The number of piperidine rings is 1. The van der Waals surface area contributed by atoms with Crippen LogP contribution in [-0.4, -0.2) is 68.4 Å². The first-order chi connectivity index (χ1) is 21.5. The van der Waals surface area contributed by atoms with Crippen LogP contribution in [0.5, 0.6) is 0 Å². The van der Waals surface area contributed by atoms with Gasteiger partial charge in [0.2, 0.25) is 0 Å². The predicted molar refractivity (Wildman–Crippen MR) is 177 cm³/mol. The second-order valence-electron chi connectivity index (χ2n) is 12.7. The number of nitrogens with zero attached hydrogens (tertiary/aromatic N) is 7. The molecule has 1 aliphatic carbocycles. The minimum Gasteiger partial charge on any atom is -0.396 e. The molecular weight excluding hydrogens is 593 g/mol. The Hall–Kier alpha value is -3.60. The first kappa shape index (κ1) is 31.4. The summed E-state index contributed by atoms with van der Waals surface area (Å²) >= 11 is 0. The van der Waals surface area contributed by atoms with Crippen molar-refractivity contribution in [2.75, 3.05) is 42.6 Å². The number of benzene rings is 1. The summed E-state index contributed by atoms with van der Waals surface area (Å²) in [4.78, 5) is 34.0. The summed E-state index contributed by atoms with van der Waals surface area (Å²) in [6.45, 7) is 6.28. The number of aliphatic hydroxyl groups excluding tert-OH is 1. The molecule has 0 radical (unpaired) electrons. The quantitative estimate of drug-likeness (QED) is 0.279. The highest BCUT2D eigenvalue weighted by molar-refractivity contribution is 5.85. The second-order valence-corrected chi connectivity index (χ2v) is 12.7. The van der Waals surface area contributed by atoms with Crippen LogP contribution < -0.4 is 15.2 Å². The summed E-state index contributed by atoms with van der Waals surface area (Å²) < 4.78 is 17.9. The van der Waals surface area contributed by atoms with Gasteiger partial charge in [0.15, 0.2) is 5.43 Å². The van der Waals surface area contributed by atoms with Gasteiger partial charge in [0.25, 0.3) is 0 Å². The van der Waals surface area contributed by atoms with Crippen molar-refractivity contribution >= 4 is 34.8 Å². The van der Waals surface area contributed by atoms with Crippen molar-refractivity contribution in [1.82, 2.24) is 24.4 Å². The van der Waals surface area contributed by atoms with Crippen LogP contribution >= 0.6 is 12.4 Å². The van der Waals surface area contributed by atoms with E-state index in [0.29, 0.717) is 48.9 Å². The molecular formula is C34H41ClFN7O2. The Bertz CT molecular complexity index is 1700. The van der Waals surface area contributed by atoms with Crippen LogP contribution in [-0.2, 0) is 13.1 Å². The molecule has 1 aromatic carbocycles. The van der Waals surface area contributed by atoms with E-state index in [-0.39, 0.29) is 42.2 Å². The number of hydrogen-bond acceptors (Lipinski definition) is 8. The van der Waals surface area contributed by atoms with Crippen molar-refractivity contribution in [2.24, 2.45) is 5.92 Å². The minimum absolute atomic E-state index is 0. The van der Waals surface area contributed by atoms with Crippen molar-refractivity contribution < 1.29 is 9.50 Å². The average Bonchev–Trinajstić information content (AvgIpc) is 3.78. The Balaban J connectivity index is 0.00000357. The van der Waals surface area contributed by atoms with Crippen molar-refractivity contribution in [3.63, 3.8) is 0 Å². The predicted octanol–water partition coefficient (Wildman–Crippen LogP) is 4.88. The summed E-state index contributed by atoms with van der Waals surface area (Å²) in [5.41, 5.74) is 4.03. The lowest BCUT2D eigenvalue weighted by Crippen LogP contribution is -2.48. The molecule has 7 rings (SSSR count). The molecule has 3 aliphatic rings. The smallest absolute Gasteiger partial charge is 0.193 e. The third-order valence-corrected chi connectivity index (χ3v) is 9.51.